The molecule has 0 bridgehead atoms. The normalized spacial score (nSPS) is 21.2. The zero-order valence-corrected chi connectivity index (χ0v) is 14.8. The van der Waals surface area contributed by atoms with Crippen LogP contribution in [0.2, 0.25) is 0 Å². The van der Waals surface area contributed by atoms with E-state index in [-0.39, 0.29) is 10.8 Å². The summed E-state index contributed by atoms with van der Waals surface area (Å²) in [5.41, 5.74) is 1.61. The van der Waals surface area contributed by atoms with Crippen LogP contribution < -0.4 is 0 Å². The third kappa shape index (κ3) is 4.24. The Kier molecular flexibility index (Phi) is 5.07. The first kappa shape index (κ1) is 16.9. The maximum atomic E-state index is 5.98. The molecule has 1 heterocycles. The molecule has 0 N–H and O–H groups in total. The topological polar surface area (TPSA) is 18.5 Å². The number of hydrogen-bond acceptors (Lipinski definition) is 3. The average Bonchev–Trinajstić information content (AvgIpc) is 2.41. The highest BCUT2D eigenvalue weighted by atomic mass is 32.2. The van der Waals surface area contributed by atoms with Gasteiger partial charge in [0.15, 0.2) is 5.79 Å². The van der Waals surface area contributed by atoms with E-state index in [2.05, 4.69) is 51.1 Å². The van der Waals surface area contributed by atoms with E-state index in [1.54, 1.807) is 0 Å². The number of hydrogen-bond donors (Lipinski definition) is 0. The Labute approximate surface area is 133 Å². The molecule has 2 nitrogen and oxygen atoms in total. The lowest BCUT2D eigenvalue weighted by Crippen LogP contribution is -2.54. The Morgan fingerprint density at radius 1 is 1.05 bits per heavy atom. The molecule has 0 amide bonds. The average molecular weight is 308 g/mol. The van der Waals surface area contributed by atoms with Gasteiger partial charge in [0.2, 0.25) is 0 Å². The van der Waals surface area contributed by atoms with Gasteiger partial charge in [-0.3, -0.25) is 0 Å². The molecule has 0 saturated carbocycles. The zero-order valence-electron chi connectivity index (χ0n) is 13.9. The van der Waals surface area contributed by atoms with Gasteiger partial charge < -0.3 is 9.47 Å². The van der Waals surface area contributed by atoms with Crippen molar-refractivity contribution in [1.29, 1.82) is 0 Å². The van der Waals surface area contributed by atoms with Crippen molar-refractivity contribution < 1.29 is 9.47 Å². The van der Waals surface area contributed by atoms with Gasteiger partial charge in [-0.2, -0.15) is 11.8 Å². The standard InChI is InChI=1S/C18H28O2S/c1-16(2,3)18(12-19-17(4,5)20-13-18)14-21-11-15-9-7-6-8-10-15/h6-10H,11-14H2,1-5H3. The van der Waals surface area contributed by atoms with Crippen LogP contribution in [0, 0.1) is 10.8 Å². The van der Waals surface area contributed by atoms with Crippen molar-refractivity contribution >= 4 is 11.8 Å². The Hall–Kier alpha value is -0.510. The second-order valence-electron chi connectivity index (χ2n) is 7.49. The molecule has 3 heteroatoms. The van der Waals surface area contributed by atoms with Crippen molar-refractivity contribution in [2.45, 2.75) is 46.2 Å². The minimum Gasteiger partial charge on any atom is -0.350 e. The van der Waals surface area contributed by atoms with Crippen molar-refractivity contribution in [1.82, 2.24) is 0 Å². The summed E-state index contributed by atoms with van der Waals surface area (Å²) in [5.74, 6) is 1.66. The third-order valence-corrected chi connectivity index (χ3v) is 5.77. The van der Waals surface area contributed by atoms with Crippen LogP contribution in [-0.4, -0.2) is 24.8 Å². The molecule has 2 rings (SSSR count). The third-order valence-electron chi connectivity index (χ3n) is 4.47. The van der Waals surface area contributed by atoms with E-state index < -0.39 is 5.79 Å². The fourth-order valence-corrected chi connectivity index (χ4v) is 3.90. The van der Waals surface area contributed by atoms with Crippen molar-refractivity contribution in [2.24, 2.45) is 10.8 Å². The molecule has 0 radical (unpaired) electrons. The molecule has 21 heavy (non-hydrogen) atoms. The fraction of sp³-hybridized carbons (Fsp3) is 0.667. The first-order chi connectivity index (χ1) is 9.74. The van der Waals surface area contributed by atoms with Gasteiger partial charge in [0.05, 0.1) is 13.2 Å². The largest absolute Gasteiger partial charge is 0.350 e. The Morgan fingerprint density at radius 2 is 1.62 bits per heavy atom. The van der Waals surface area contributed by atoms with Crippen LogP contribution in [0.5, 0.6) is 0 Å². The van der Waals surface area contributed by atoms with Crippen LogP contribution in [0.15, 0.2) is 30.3 Å². The highest BCUT2D eigenvalue weighted by Gasteiger charge is 2.47. The molecule has 1 aromatic carbocycles. The van der Waals surface area contributed by atoms with E-state index in [0.29, 0.717) is 0 Å². The van der Waals surface area contributed by atoms with Crippen molar-refractivity contribution in [3.05, 3.63) is 35.9 Å². The van der Waals surface area contributed by atoms with Gasteiger partial charge in [0, 0.05) is 16.9 Å². The SMILES string of the molecule is CC1(C)OCC(CSCc2ccccc2)(C(C)(C)C)CO1. The summed E-state index contributed by atoms with van der Waals surface area (Å²) in [7, 11) is 0. The van der Waals surface area contributed by atoms with Gasteiger partial charge in [-0.1, -0.05) is 51.1 Å². The molecule has 0 aromatic heterocycles. The summed E-state index contributed by atoms with van der Waals surface area (Å²) in [6, 6.07) is 10.6. The fourth-order valence-electron chi connectivity index (χ4n) is 2.38. The van der Waals surface area contributed by atoms with Gasteiger partial charge in [0.25, 0.3) is 0 Å². The molecule has 1 aromatic rings. The molecule has 0 aliphatic carbocycles. The van der Waals surface area contributed by atoms with E-state index in [1.165, 1.54) is 5.56 Å². The maximum absolute atomic E-state index is 5.98. The molecule has 1 aliphatic heterocycles. The first-order valence-electron chi connectivity index (χ1n) is 7.64. The predicted octanol–water partition coefficient (Wildman–Crippen LogP) is 4.74. The molecule has 0 unspecified atom stereocenters. The summed E-state index contributed by atoms with van der Waals surface area (Å²) in [4.78, 5) is 0. The van der Waals surface area contributed by atoms with Crippen LogP contribution in [0.4, 0.5) is 0 Å². The zero-order chi connectivity index (χ0) is 15.6. The molecule has 118 valence electrons. The van der Waals surface area contributed by atoms with Crippen molar-refractivity contribution in [3.8, 4) is 0 Å². The van der Waals surface area contributed by atoms with E-state index in [1.807, 2.05) is 25.6 Å². The minimum absolute atomic E-state index is 0.0714. The van der Waals surface area contributed by atoms with Crippen LogP contribution in [-0.2, 0) is 15.2 Å². The lowest BCUT2D eigenvalue weighted by molar-refractivity contribution is -0.296. The molecular formula is C18H28O2S. The lowest BCUT2D eigenvalue weighted by Gasteiger charge is -2.50. The lowest BCUT2D eigenvalue weighted by atomic mass is 9.68. The van der Waals surface area contributed by atoms with Crippen molar-refractivity contribution in [3.63, 3.8) is 0 Å². The summed E-state index contributed by atoms with van der Waals surface area (Å²) in [6.07, 6.45) is 0. The van der Waals surface area contributed by atoms with Crippen LogP contribution >= 0.6 is 11.8 Å². The molecule has 1 saturated heterocycles. The maximum Gasteiger partial charge on any atom is 0.162 e. The Bertz CT molecular complexity index is 438. The monoisotopic (exact) mass is 308 g/mol. The van der Waals surface area contributed by atoms with Crippen LogP contribution in [0.3, 0.4) is 0 Å². The number of benzene rings is 1. The number of ether oxygens (including phenoxy) is 2. The second kappa shape index (κ2) is 6.31. The molecule has 1 fully saturated rings. The highest BCUT2D eigenvalue weighted by Crippen LogP contribution is 2.46. The first-order valence-corrected chi connectivity index (χ1v) is 8.79. The van der Waals surface area contributed by atoms with E-state index in [9.17, 15) is 0 Å². The number of rotatable bonds is 4. The highest BCUT2D eigenvalue weighted by molar-refractivity contribution is 7.98. The van der Waals surface area contributed by atoms with Crippen LogP contribution in [0.25, 0.3) is 0 Å². The van der Waals surface area contributed by atoms with Gasteiger partial charge >= 0.3 is 0 Å². The minimum atomic E-state index is -0.446. The molecule has 0 atom stereocenters. The summed E-state index contributed by atoms with van der Waals surface area (Å²) in [6.45, 7) is 12.4. The summed E-state index contributed by atoms with van der Waals surface area (Å²) >= 11 is 1.98. The van der Waals surface area contributed by atoms with Crippen molar-refractivity contribution in [2.75, 3.05) is 19.0 Å². The van der Waals surface area contributed by atoms with E-state index in [0.717, 1.165) is 24.7 Å². The summed E-state index contributed by atoms with van der Waals surface area (Å²) in [5, 5.41) is 0. The van der Waals surface area contributed by atoms with E-state index in [4.69, 9.17) is 9.47 Å². The van der Waals surface area contributed by atoms with Gasteiger partial charge in [-0.15, -0.1) is 0 Å². The van der Waals surface area contributed by atoms with Crippen LogP contribution in [0.1, 0.15) is 40.2 Å². The smallest absolute Gasteiger partial charge is 0.162 e. The molecule has 0 spiro atoms. The van der Waals surface area contributed by atoms with Gasteiger partial charge in [0.1, 0.15) is 0 Å². The van der Waals surface area contributed by atoms with E-state index >= 15 is 0 Å². The van der Waals surface area contributed by atoms with Gasteiger partial charge in [-0.25, -0.2) is 0 Å². The predicted molar refractivity (Wildman–Crippen MR) is 90.5 cm³/mol. The van der Waals surface area contributed by atoms with Gasteiger partial charge in [-0.05, 0) is 24.8 Å². The second-order valence-corrected chi connectivity index (χ2v) is 8.47. The Morgan fingerprint density at radius 3 is 2.14 bits per heavy atom. The number of thioether (sulfide) groups is 1. The molecular weight excluding hydrogens is 280 g/mol. The Balaban J connectivity index is 1.98. The summed E-state index contributed by atoms with van der Waals surface area (Å²) < 4.78 is 12.0. The molecule has 1 aliphatic rings. The quantitative estimate of drug-likeness (QED) is 0.801.